The molecule has 1 aromatic rings. The van der Waals surface area contributed by atoms with Gasteiger partial charge in [-0.3, -0.25) is 0 Å². The Kier molecular flexibility index (Phi) is 2.33. The van der Waals surface area contributed by atoms with Crippen molar-refractivity contribution in [2.45, 2.75) is 11.3 Å². The molecule has 0 aliphatic carbocycles. The molecule has 0 atom stereocenters. The van der Waals surface area contributed by atoms with Crippen LogP contribution in [0.25, 0.3) is 0 Å². The van der Waals surface area contributed by atoms with Crippen molar-refractivity contribution < 1.29 is 5.11 Å². The molecular weight excluding hydrogens is 184 g/mol. The van der Waals surface area contributed by atoms with Crippen molar-refractivity contribution >= 4 is 17.4 Å². The topological polar surface area (TPSA) is 58.3 Å². The molecule has 1 aliphatic rings. The van der Waals surface area contributed by atoms with Crippen LogP contribution in [0.4, 0.5) is 5.69 Å². The fourth-order valence-corrected chi connectivity index (χ4v) is 2.52. The molecule has 0 amide bonds. The van der Waals surface area contributed by atoms with Crippen LogP contribution in [0.5, 0.6) is 5.75 Å². The van der Waals surface area contributed by atoms with Crippen LogP contribution in [0.1, 0.15) is 5.56 Å². The van der Waals surface area contributed by atoms with Crippen molar-refractivity contribution in [1.29, 1.82) is 0 Å². The number of nitrogens with one attached hydrogen (secondary N) is 1. The van der Waals surface area contributed by atoms with E-state index in [2.05, 4.69) is 5.32 Å². The number of hydrogen-bond donors (Lipinski definition) is 3. The van der Waals surface area contributed by atoms with Gasteiger partial charge in [-0.2, -0.15) is 0 Å². The number of fused-ring (bicyclic) bond motifs is 1. The van der Waals surface area contributed by atoms with Gasteiger partial charge in [-0.05, 0) is 24.6 Å². The zero-order valence-corrected chi connectivity index (χ0v) is 8.03. The number of benzene rings is 1. The summed E-state index contributed by atoms with van der Waals surface area (Å²) in [4.78, 5) is 1.16. The summed E-state index contributed by atoms with van der Waals surface area (Å²) in [6.45, 7) is 0.651. The van der Waals surface area contributed by atoms with Gasteiger partial charge in [0.15, 0.2) is 0 Å². The third-order valence-corrected chi connectivity index (χ3v) is 3.14. The van der Waals surface area contributed by atoms with E-state index in [-0.39, 0.29) is 0 Å². The van der Waals surface area contributed by atoms with Crippen LogP contribution in [0.2, 0.25) is 0 Å². The Bertz CT molecular complexity index is 328. The van der Waals surface area contributed by atoms with E-state index in [0.717, 1.165) is 22.9 Å². The monoisotopic (exact) mass is 196 g/mol. The molecule has 0 saturated heterocycles. The molecule has 4 heteroatoms. The molecule has 1 aliphatic heterocycles. The highest BCUT2D eigenvalue weighted by Gasteiger charge is 2.17. The third kappa shape index (κ3) is 1.47. The Hall–Kier alpha value is -0.870. The predicted molar refractivity (Wildman–Crippen MR) is 55.2 cm³/mol. The molecule has 0 spiro atoms. The van der Waals surface area contributed by atoms with Crippen LogP contribution < -0.4 is 11.1 Å². The van der Waals surface area contributed by atoms with E-state index in [1.807, 2.05) is 6.07 Å². The Labute approximate surface area is 81.3 Å². The Morgan fingerprint density at radius 1 is 1.54 bits per heavy atom. The molecule has 0 saturated carbocycles. The average Bonchev–Trinajstić information content (AvgIpc) is 2.59. The van der Waals surface area contributed by atoms with Crippen LogP contribution >= 0.6 is 11.8 Å². The Morgan fingerprint density at radius 3 is 3.15 bits per heavy atom. The first-order valence-electron chi connectivity index (χ1n) is 4.24. The van der Waals surface area contributed by atoms with Crippen molar-refractivity contribution in [2.75, 3.05) is 17.7 Å². The number of phenolic OH excluding ortho intramolecular Hbond substituents is 1. The molecule has 1 heterocycles. The second-order valence-corrected chi connectivity index (χ2v) is 3.94. The smallest absolute Gasteiger partial charge is 0.139 e. The summed E-state index contributed by atoms with van der Waals surface area (Å²) in [5.74, 6) is 1.17. The fourth-order valence-electron chi connectivity index (χ4n) is 1.48. The summed E-state index contributed by atoms with van der Waals surface area (Å²) in [6, 6.07) is 3.67. The number of hydrogen-bond acceptors (Lipinski definition) is 4. The summed E-state index contributed by atoms with van der Waals surface area (Å²) in [6.07, 6.45) is 0.872. The molecule has 3 nitrogen and oxygen atoms in total. The zero-order chi connectivity index (χ0) is 9.26. The van der Waals surface area contributed by atoms with Gasteiger partial charge >= 0.3 is 0 Å². The highest BCUT2D eigenvalue weighted by Crippen LogP contribution is 2.42. The highest BCUT2D eigenvalue weighted by atomic mass is 32.2. The van der Waals surface area contributed by atoms with Gasteiger partial charge in [0.1, 0.15) is 5.75 Å². The summed E-state index contributed by atoms with van der Waals surface area (Å²) >= 11 is 1.72. The van der Waals surface area contributed by atoms with Crippen LogP contribution in [-0.4, -0.2) is 17.5 Å². The first-order valence-corrected chi connectivity index (χ1v) is 5.23. The lowest BCUT2D eigenvalue weighted by Gasteiger charge is -2.07. The number of phenols is 1. The Morgan fingerprint density at radius 2 is 2.38 bits per heavy atom. The van der Waals surface area contributed by atoms with Gasteiger partial charge in [0, 0.05) is 4.90 Å². The van der Waals surface area contributed by atoms with Crippen LogP contribution in [0.3, 0.4) is 0 Å². The molecular formula is C9H12N2OS. The third-order valence-electron chi connectivity index (χ3n) is 2.10. The number of thioether (sulfide) groups is 1. The zero-order valence-electron chi connectivity index (χ0n) is 7.21. The predicted octanol–water partition coefficient (Wildman–Crippen LogP) is 1.37. The van der Waals surface area contributed by atoms with Gasteiger partial charge in [0.05, 0.1) is 11.6 Å². The lowest BCUT2D eigenvalue weighted by molar-refractivity contribution is 0.476. The van der Waals surface area contributed by atoms with Gasteiger partial charge in [0.2, 0.25) is 0 Å². The second kappa shape index (κ2) is 3.47. The minimum absolute atomic E-state index is 0.334. The van der Waals surface area contributed by atoms with E-state index in [9.17, 15) is 5.11 Å². The quantitative estimate of drug-likeness (QED) is 0.625. The maximum absolute atomic E-state index is 9.52. The van der Waals surface area contributed by atoms with E-state index < -0.39 is 0 Å². The highest BCUT2D eigenvalue weighted by molar-refractivity contribution is 8.00. The van der Waals surface area contributed by atoms with Crippen molar-refractivity contribution in [1.82, 2.24) is 0 Å². The molecule has 0 unspecified atom stereocenters. The number of aromatic hydroxyl groups is 1. The maximum Gasteiger partial charge on any atom is 0.139 e. The standard InChI is InChI=1S/C9H12N2OS/c10-4-3-6-1-2-7(12)8-9(6)13-5-11-8/h1-2,11-12H,3-5,10H2. The minimum Gasteiger partial charge on any atom is -0.506 e. The number of nitrogens with two attached hydrogens (primary N) is 1. The summed E-state index contributed by atoms with van der Waals surface area (Å²) in [5.41, 5.74) is 7.60. The fraction of sp³-hybridized carbons (Fsp3) is 0.333. The van der Waals surface area contributed by atoms with Crippen molar-refractivity contribution in [3.8, 4) is 5.75 Å². The molecule has 2 rings (SSSR count). The lowest BCUT2D eigenvalue weighted by atomic mass is 10.1. The lowest BCUT2D eigenvalue weighted by Crippen LogP contribution is -2.03. The van der Waals surface area contributed by atoms with Crippen molar-refractivity contribution in [3.05, 3.63) is 17.7 Å². The van der Waals surface area contributed by atoms with E-state index >= 15 is 0 Å². The first-order chi connectivity index (χ1) is 6.33. The number of rotatable bonds is 2. The summed E-state index contributed by atoms with van der Waals surface area (Å²) in [5, 5.41) is 12.7. The molecule has 13 heavy (non-hydrogen) atoms. The molecule has 0 radical (unpaired) electrons. The van der Waals surface area contributed by atoms with Gasteiger partial charge in [-0.15, -0.1) is 11.8 Å². The largest absolute Gasteiger partial charge is 0.506 e. The number of anilines is 1. The van der Waals surface area contributed by atoms with E-state index in [1.165, 1.54) is 5.56 Å². The van der Waals surface area contributed by atoms with E-state index in [1.54, 1.807) is 17.8 Å². The van der Waals surface area contributed by atoms with Crippen LogP contribution in [0, 0.1) is 0 Å². The average molecular weight is 196 g/mol. The molecule has 1 aromatic carbocycles. The molecule has 0 bridgehead atoms. The SMILES string of the molecule is NCCc1ccc(O)c2c1SCN2. The van der Waals surface area contributed by atoms with Crippen molar-refractivity contribution in [2.24, 2.45) is 5.73 Å². The normalized spacial score (nSPS) is 13.9. The van der Waals surface area contributed by atoms with Gasteiger partial charge in [-0.1, -0.05) is 6.07 Å². The van der Waals surface area contributed by atoms with E-state index in [0.29, 0.717) is 12.3 Å². The van der Waals surface area contributed by atoms with Crippen LogP contribution in [-0.2, 0) is 6.42 Å². The van der Waals surface area contributed by atoms with Crippen LogP contribution in [0.15, 0.2) is 17.0 Å². The molecule has 4 N–H and O–H groups in total. The second-order valence-electron chi connectivity index (χ2n) is 2.95. The molecule has 0 aromatic heterocycles. The maximum atomic E-state index is 9.52. The van der Waals surface area contributed by atoms with Crippen molar-refractivity contribution in [3.63, 3.8) is 0 Å². The molecule has 0 fully saturated rings. The van der Waals surface area contributed by atoms with Gasteiger partial charge in [-0.25, -0.2) is 0 Å². The molecule has 70 valence electrons. The Balaban J connectivity index is 2.43. The van der Waals surface area contributed by atoms with Gasteiger partial charge < -0.3 is 16.2 Å². The first kappa shape index (κ1) is 8.72. The minimum atomic E-state index is 0.334. The van der Waals surface area contributed by atoms with Gasteiger partial charge in [0.25, 0.3) is 0 Å². The summed E-state index contributed by atoms with van der Waals surface area (Å²) < 4.78 is 0. The van der Waals surface area contributed by atoms with E-state index in [4.69, 9.17) is 5.73 Å². The summed E-state index contributed by atoms with van der Waals surface area (Å²) in [7, 11) is 0.